The van der Waals surface area contributed by atoms with Crippen LogP contribution in [-0.4, -0.2) is 27.8 Å². The number of rotatable bonds is 3. The van der Waals surface area contributed by atoms with Crippen molar-refractivity contribution >= 4 is 16.7 Å². The zero-order valence-electron chi connectivity index (χ0n) is 11.2. The van der Waals surface area contributed by atoms with E-state index in [1.165, 1.54) is 0 Å². The molecule has 0 aliphatic rings. The summed E-state index contributed by atoms with van der Waals surface area (Å²) >= 11 is 0. The highest BCUT2D eigenvalue weighted by molar-refractivity contribution is 5.98. The summed E-state index contributed by atoms with van der Waals surface area (Å²) in [7, 11) is 1.78. The molecule has 4 nitrogen and oxygen atoms in total. The summed E-state index contributed by atoms with van der Waals surface area (Å²) < 4.78 is 0. The van der Waals surface area contributed by atoms with Crippen molar-refractivity contribution in [2.75, 3.05) is 7.05 Å². The van der Waals surface area contributed by atoms with E-state index in [-0.39, 0.29) is 5.91 Å². The zero-order chi connectivity index (χ0) is 13.9. The lowest BCUT2D eigenvalue weighted by Crippen LogP contribution is -2.26. The van der Waals surface area contributed by atoms with E-state index in [0.717, 1.165) is 16.6 Å². The summed E-state index contributed by atoms with van der Waals surface area (Å²) in [6.45, 7) is 0.471. The molecular formula is C16H15N3O. The Labute approximate surface area is 117 Å². The summed E-state index contributed by atoms with van der Waals surface area (Å²) in [5, 5.41) is 2.21. The average Bonchev–Trinajstić information content (AvgIpc) is 2.99. The van der Waals surface area contributed by atoms with Gasteiger partial charge in [0, 0.05) is 25.0 Å². The Kier molecular flexibility index (Phi) is 3.21. The number of H-pyrrole nitrogens is 1. The first-order valence-corrected chi connectivity index (χ1v) is 6.46. The Morgan fingerprint density at radius 3 is 2.75 bits per heavy atom. The Morgan fingerprint density at radius 2 is 2.00 bits per heavy atom. The molecule has 0 atom stereocenters. The van der Waals surface area contributed by atoms with E-state index >= 15 is 0 Å². The Bertz CT molecular complexity index is 734. The molecule has 0 aliphatic carbocycles. The maximum atomic E-state index is 12.4. The van der Waals surface area contributed by atoms with Gasteiger partial charge in [0.15, 0.2) is 0 Å². The minimum Gasteiger partial charge on any atom is -0.347 e. The zero-order valence-corrected chi connectivity index (χ0v) is 11.2. The van der Waals surface area contributed by atoms with Crippen molar-refractivity contribution < 1.29 is 4.79 Å². The summed E-state index contributed by atoms with van der Waals surface area (Å²) in [4.78, 5) is 21.2. The van der Waals surface area contributed by atoms with Crippen LogP contribution < -0.4 is 0 Å². The molecule has 0 saturated carbocycles. The van der Waals surface area contributed by atoms with Gasteiger partial charge in [-0.15, -0.1) is 0 Å². The number of aromatic nitrogens is 2. The molecule has 1 amide bonds. The third-order valence-electron chi connectivity index (χ3n) is 3.28. The lowest BCUT2D eigenvalue weighted by atomic mass is 10.1. The third-order valence-corrected chi connectivity index (χ3v) is 3.28. The Balaban J connectivity index is 1.84. The van der Waals surface area contributed by atoms with Gasteiger partial charge in [-0.1, -0.05) is 30.3 Å². The molecule has 0 fully saturated rings. The van der Waals surface area contributed by atoms with E-state index in [1.807, 2.05) is 42.5 Å². The average molecular weight is 265 g/mol. The fourth-order valence-electron chi connectivity index (χ4n) is 2.22. The van der Waals surface area contributed by atoms with E-state index in [0.29, 0.717) is 12.1 Å². The number of amides is 1. The van der Waals surface area contributed by atoms with Gasteiger partial charge in [0.2, 0.25) is 0 Å². The highest BCUT2D eigenvalue weighted by Gasteiger charge is 2.13. The number of benzene rings is 2. The van der Waals surface area contributed by atoms with Gasteiger partial charge in [-0.25, -0.2) is 4.98 Å². The minimum atomic E-state index is -0.00727. The van der Waals surface area contributed by atoms with Crippen LogP contribution in [0.2, 0.25) is 0 Å². The second kappa shape index (κ2) is 5.17. The standard InChI is InChI=1S/C16H15N3O/c1-19(11-15-17-8-9-18-15)16(20)14-7-6-12-4-2-3-5-13(12)10-14/h2-10H,11H2,1H3,(H,17,18). The SMILES string of the molecule is CN(Cc1ncc[nH]1)C(=O)c1ccc2ccccc2c1. The fraction of sp³-hybridized carbons (Fsp3) is 0.125. The van der Waals surface area contributed by atoms with Crippen molar-refractivity contribution in [3.05, 3.63) is 66.2 Å². The topological polar surface area (TPSA) is 49.0 Å². The number of hydrogen-bond donors (Lipinski definition) is 1. The number of hydrogen-bond acceptors (Lipinski definition) is 2. The smallest absolute Gasteiger partial charge is 0.254 e. The number of nitrogens with one attached hydrogen (secondary N) is 1. The van der Waals surface area contributed by atoms with E-state index in [2.05, 4.69) is 9.97 Å². The first-order valence-electron chi connectivity index (χ1n) is 6.46. The van der Waals surface area contributed by atoms with Crippen molar-refractivity contribution in [1.29, 1.82) is 0 Å². The molecule has 0 saturated heterocycles. The molecule has 0 radical (unpaired) electrons. The quantitative estimate of drug-likeness (QED) is 0.791. The van der Waals surface area contributed by atoms with Gasteiger partial charge in [-0.2, -0.15) is 0 Å². The molecule has 0 aliphatic heterocycles. The maximum absolute atomic E-state index is 12.4. The van der Waals surface area contributed by atoms with Gasteiger partial charge in [0.1, 0.15) is 5.82 Å². The van der Waals surface area contributed by atoms with Crippen LogP contribution in [0, 0.1) is 0 Å². The summed E-state index contributed by atoms with van der Waals surface area (Å²) in [6, 6.07) is 13.8. The van der Waals surface area contributed by atoms with Crippen LogP contribution in [0.4, 0.5) is 0 Å². The van der Waals surface area contributed by atoms with Gasteiger partial charge in [0.25, 0.3) is 5.91 Å². The Morgan fingerprint density at radius 1 is 1.20 bits per heavy atom. The van der Waals surface area contributed by atoms with Gasteiger partial charge >= 0.3 is 0 Å². The molecule has 1 heterocycles. The second-order valence-electron chi connectivity index (χ2n) is 4.76. The molecule has 0 unspecified atom stereocenters. The first-order chi connectivity index (χ1) is 9.74. The monoisotopic (exact) mass is 265 g/mol. The van der Waals surface area contributed by atoms with E-state index in [9.17, 15) is 4.79 Å². The molecular weight excluding hydrogens is 250 g/mol. The number of carbonyl (C=O) groups excluding carboxylic acids is 1. The predicted octanol–water partition coefficient (Wildman–Crippen LogP) is 2.84. The fourth-order valence-corrected chi connectivity index (χ4v) is 2.22. The first kappa shape index (κ1) is 12.4. The summed E-state index contributed by atoms with van der Waals surface area (Å²) in [5.74, 6) is 0.772. The molecule has 4 heteroatoms. The molecule has 1 N–H and O–H groups in total. The molecule has 3 aromatic rings. The molecule has 3 rings (SSSR count). The van der Waals surface area contributed by atoms with Crippen molar-refractivity contribution in [2.24, 2.45) is 0 Å². The van der Waals surface area contributed by atoms with Crippen LogP contribution in [0.1, 0.15) is 16.2 Å². The Hall–Kier alpha value is -2.62. The lowest BCUT2D eigenvalue weighted by Gasteiger charge is -2.16. The van der Waals surface area contributed by atoms with Crippen LogP contribution in [0.25, 0.3) is 10.8 Å². The van der Waals surface area contributed by atoms with Gasteiger partial charge < -0.3 is 9.88 Å². The molecule has 0 bridgehead atoms. The normalized spacial score (nSPS) is 10.7. The summed E-state index contributed by atoms with van der Waals surface area (Å²) in [5.41, 5.74) is 0.692. The van der Waals surface area contributed by atoms with E-state index in [1.54, 1.807) is 24.3 Å². The van der Waals surface area contributed by atoms with Crippen molar-refractivity contribution in [2.45, 2.75) is 6.54 Å². The second-order valence-corrected chi connectivity index (χ2v) is 4.76. The predicted molar refractivity (Wildman–Crippen MR) is 78.3 cm³/mol. The van der Waals surface area contributed by atoms with Crippen molar-refractivity contribution in [3.8, 4) is 0 Å². The molecule has 20 heavy (non-hydrogen) atoms. The third kappa shape index (κ3) is 2.40. The van der Waals surface area contributed by atoms with Crippen LogP contribution in [0.5, 0.6) is 0 Å². The van der Waals surface area contributed by atoms with Crippen LogP contribution >= 0.6 is 0 Å². The maximum Gasteiger partial charge on any atom is 0.254 e. The van der Waals surface area contributed by atoms with Gasteiger partial charge in [-0.05, 0) is 22.9 Å². The van der Waals surface area contributed by atoms with Crippen LogP contribution in [0.3, 0.4) is 0 Å². The number of carbonyl (C=O) groups is 1. The highest BCUT2D eigenvalue weighted by atomic mass is 16.2. The van der Waals surface area contributed by atoms with E-state index in [4.69, 9.17) is 0 Å². The molecule has 1 aromatic heterocycles. The van der Waals surface area contributed by atoms with Crippen molar-refractivity contribution in [3.63, 3.8) is 0 Å². The highest BCUT2D eigenvalue weighted by Crippen LogP contribution is 2.17. The van der Waals surface area contributed by atoms with Gasteiger partial charge in [-0.3, -0.25) is 4.79 Å². The lowest BCUT2D eigenvalue weighted by molar-refractivity contribution is 0.0782. The number of imidazole rings is 1. The molecule has 0 spiro atoms. The minimum absolute atomic E-state index is 0.00727. The summed E-state index contributed by atoms with van der Waals surface area (Å²) in [6.07, 6.45) is 3.44. The largest absolute Gasteiger partial charge is 0.347 e. The molecule has 100 valence electrons. The van der Waals surface area contributed by atoms with Crippen LogP contribution in [0.15, 0.2) is 54.9 Å². The number of nitrogens with zero attached hydrogens (tertiary/aromatic N) is 2. The van der Waals surface area contributed by atoms with Gasteiger partial charge in [0.05, 0.1) is 6.54 Å². The van der Waals surface area contributed by atoms with E-state index < -0.39 is 0 Å². The van der Waals surface area contributed by atoms with Crippen LogP contribution in [-0.2, 0) is 6.54 Å². The number of aromatic amines is 1. The van der Waals surface area contributed by atoms with Crippen molar-refractivity contribution in [1.82, 2.24) is 14.9 Å². The number of fused-ring (bicyclic) bond motifs is 1. The molecule has 2 aromatic carbocycles.